The van der Waals surface area contributed by atoms with Crippen LogP contribution in [-0.4, -0.2) is 33.8 Å². The lowest BCUT2D eigenvalue weighted by atomic mass is 10.2. The summed E-state index contributed by atoms with van der Waals surface area (Å²) in [5, 5.41) is 6.63. The van der Waals surface area contributed by atoms with Crippen molar-refractivity contribution >= 4 is 5.96 Å². The maximum atomic E-state index is 5.43. The van der Waals surface area contributed by atoms with Crippen LogP contribution < -0.4 is 20.1 Å². The topological polar surface area (TPSA) is 85.6 Å². The first kappa shape index (κ1) is 17.8. The molecule has 0 aliphatic carbocycles. The Morgan fingerprint density at radius 2 is 2.04 bits per heavy atom. The Bertz CT molecular complexity index is 955. The van der Waals surface area contributed by atoms with Gasteiger partial charge in [-0.25, -0.2) is 15.0 Å². The normalized spacial score (nSPS) is 12.8. The predicted octanol–water partition coefficient (Wildman–Crippen LogP) is 2.25. The zero-order chi connectivity index (χ0) is 19.2. The van der Waals surface area contributed by atoms with Gasteiger partial charge in [0.25, 0.3) is 0 Å². The highest BCUT2D eigenvalue weighted by Crippen LogP contribution is 2.32. The number of ether oxygens (including phenoxy) is 2. The SMILES string of the molecule is CCNC(=NCc1ccc2c(c1)OCO2)NCc1ccnc(-n2ccnc2)c1. The van der Waals surface area contributed by atoms with Crippen LogP contribution in [0.2, 0.25) is 0 Å². The minimum absolute atomic E-state index is 0.277. The number of benzene rings is 1. The van der Waals surface area contributed by atoms with Gasteiger partial charge in [-0.3, -0.25) is 4.57 Å². The van der Waals surface area contributed by atoms with Crippen LogP contribution in [0.5, 0.6) is 11.5 Å². The van der Waals surface area contributed by atoms with Crippen molar-refractivity contribution in [3.8, 4) is 17.3 Å². The van der Waals surface area contributed by atoms with Gasteiger partial charge < -0.3 is 20.1 Å². The monoisotopic (exact) mass is 378 g/mol. The van der Waals surface area contributed by atoms with Crippen molar-refractivity contribution in [2.75, 3.05) is 13.3 Å². The van der Waals surface area contributed by atoms with E-state index in [1.54, 1.807) is 18.7 Å². The van der Waals surface area contributed by atoms with Gasteiger partial charge in [-0.2, -0.15) is 0 Å². The van der Waals surface area contributed by atoms with Crippen molar-refractivity contribution in [3.05, 3.63) is 66.4 Å². The lowest BCUT2D eigenvalue weighted by Gasteiger charge is -2.12. The van der Waals surface area contributed by atoms with E-state index in [9.17, 15) is 0 Å². The average Bonchev–Trinajstić information content (AvgIpc) is 3.42. The number of pyridine rings is 1. The molecule has 0 amide bonds. The van der Waals surface area contributed by atoms with Crippen molar-refractivity contribution in [2.45, 2.75) is 20.0 Å². The number of aromatic nitrogens is 3. The van der Waals surface area contributed by atoms with Gasteiger partial charge in [-0.05, 0) is 42.3 Å². The number of hydrogen-bond donors (Lipinski definition) is 2. The van der Waals surface area contributed by atoms with Gasteiger partial charge in [-0.1, -0.05) is 6.07 Å². The molecule has 0 fully saturated rings. The Hall–Kier alpha value is -3.55. The van der Waals surface area contributed by atoms with Crippen LogP contribution in [0.15, 0.2) is 60.2 Å². The van der Waals surface area contributed by atoms with Gasteiger partial charge in [0.15, 0.2) is 17.5 Å². The molecule has 1 aromatic carbocycles. The molecule has 0 atom stereocenters. The number of hydrogen-bond acceptors (Lipinski definition) is 5. The molecule has 0 bridgehead atoms. The Kier molecular flexibility index (Phi) is 5.37. The highest BCUT2D eigenvalue weighted by molar-refractivity contribution is 5.79. The summed E-state index contributed by atoms with van der Waals surface area (Å²) in [4.78, 5) is 13.1. The van der Waals surface area contributed by atoms with Gasteiger partial charge in [0.1, 0.15) is 12.1 Å². The zero-order valence-electron chi connectivity index (χ0n) is 15.6. The molecule has 2 N–H and O–H groups in total. The van der Waals surface area contributed by atoms with Gasteiger partial charge in [0, 0.05) is 31.7 Å². The van der Waals surface area contributed by atoms with Gasteiger partial charge in [-0.15, -0.1) is 0 Å². The number of nitrogens with zero attached hydrogens (tertiary/aromatic N) is 4. The smallest absolute Gasteiger partial charge is 0.231 e. The molecule has 3 aromatic rings. The van der Waals surface area contributed by atoms with E-state index >= 15 is 0 Å². The third kappa shape index (κ3) is 4.22. The van der Waals surface area contributed by atoms with E-state index in [1.165, 1.54) is 0 Å². The minimum Gasteiger partial charge on any atom is -0.454 e. The largest absolute Gasteiger partial charge is 0.454 e. The van der Waals surface area contributed by atoms with Crippen LogP contribution >= 0.6 is 0 Å². The molecule has 4 rings (SSSR count). The van der Waals surface area contributed by atoms with Crippen LogP contribution in [0.4, 0.5) is 0 Å². The molecule has 0 unspecified atom stereocenters. The van der Waals surface area contributed by atoms with Crippen LogP contribution in [0, 0.1) is 0 Å². The third-order valence-electron chi connectivity index (χ3n) is 4.24. The highest BCUT2D eigenvalue weighted by Gasteiger charge is 2.13. The Morgan fingerprint density at radius 1 is 1.11 bits per heavy atom. The van der Waals surface area contributed by atoms with E-state index < -0.39 is 0 Å². The summed E-state index contributed by atoms with van der Waals surface area (Å²) in [6.07, 6.45) is 7.13. The summed E-state index contributed by atoms with van der Waals surface area (Å²) >= 11 is 0. The molecule has 1 aliphatic heterocycles. The molecule has 0 radical (unpaired) electrons. The molecule has 0 spiro atoms. The lowest BCUT2D eigenvalue weighted by molar-refractivity contribution is 0.174. The van der Waals surface area contributed by atoms with E-state index in [4.69, 9.17) is 9.47 Å². The first-order valence-electron chi connectivity index (χ1n) is 9.16. The summed E-state index contributed by atoms with van der Waals surface area (Å²) in [7, 11) is 0. The van der Waals surface area contributed by atoms with E-state index in [2.05, 4.69) is 25.6 Å². The summed E-state index contributed by atoms with van der Waals surface area (Å²) in [5.74, 6) is 3.14. The van der Waals surface area contributed by atoms with Crippen LogP contribution in [0.25, 0.3) is 5.82 Å². The van der Waals surface area contributed by atoms with Crippen molar-refractivity contribution in [2.24, 2.45) is 4.99 Å². The number of aliphatic imine (C=N–C) groups is 1. The van der Waals surface area contributed by atoms with E-state index in [0.717, 1.165) is 40.9 Å². The Balaban J connectivity index is 1.41. The number of nitrogens with one attached hydrogen (secondary N) is 2. The molecule has 8 heteroatoms. The molecule has 3 heterocycles. The zero-order valence-corrected chi connectivity index (χ0v) is 15.6. The maximum absolute atomic E-state index is 5.43. The molecular formula is C20H22N6O2. The fourth-order valence-corrected chi connectivity index (χ4v) is 2.84. The number of imidazole rings is 1. The minimum atomic E-state index is 0.277. The van der Waals surface area contributed by atoms with Crippen molar-refractivity contribution in [1.82, 2.24) is 25.2 Å². The summed E-state index contributed by atoms with van der Waals surface area (Å²) < 4.78 is 12.7. The Labute approximate surface area is 163 Å². The van der Waals surface area contributed by atoms with Crippen LogP contribution in [-0.2, 0) is 13.1 Å². The molecular weight excluding hydrogens is 356 g/mol. The fraction of sp³-hybridized carbons (Fsp3) is 0.250. The summed E-state index contributed by atoms with van der Waals surface area (Å²) in [5.41, 5.74) is 2.17. The quantitative estimate of drug-likeness (QED) is 0.505. The summed E-state index contributed by atoms with van der Waals surface area (Å²) in [6.45, 7) is 4.28. The standard InChI is InChI=1S/C20H22N6O2/c1-2-22-20(24-11-15-3-4-17-18(9-15)28-14-27-17)25-12-16-5-6-23-19(10-16)26-8-7-21-13-26/h3-10,13H,2,11-12,14H2,1H3,(H2,22,24,25). The molecule has 0 saturated heterocycles. The summed E-state index contributed by atoms with van der Waals surface area (Å²) in [6, 6.07) is 9.89. The molecule has 8 nitrogen and oxygen atoms in total. The van der Waals surface area contributed by atoms with Crippen molar-refractivity contribution < 1.29 is 9.47 Å². The first-order valence-corrected chi connectivity index (χ1v) is 9.16. The molecule has 2 aromatic heterocycles. The van der Waals surface area contributed by atoms with Gasteiger partial charge in [0.05, 0.1) is 6.54 Å². The van der Waals surface area contributed by atoms with Gasteiger partial charge >= 0.3 is 0 Å². The van der Waals surface area contributed by atoms with E-state index in [0.29, 0.717) is 13.1 Å². The number of guanidine groups is 1. The third-order valence-corrected chi connectivity index (χ3v) is 4.24. The van der Waals surface area contributed by atoms with Crippen LogP contribution in [0.1, 0.15) is 18.1 Å². The van der Waals surface area contributed by atoms with Crippen molar-refractivity contribution in [3.63, 3.8) is 0 Å². The Morgan fingerprint density at radius 3 is 2.89 bits per heavy atom. The molecule has 0 saturated carbocycles. The number of rotatable bonds is 6. The average molecular weight is 378 g/mol. The van der Waals surface area contributed by atoms with Crippen LogP contribution in [0.3, 0.4) is 0 Å². The van der Waals surface area contributed by atoms with E-state index in [1.807, 2.05) is 48.0 Å². The predicted molar refractivity (Wildman–Crippen MR) is 106 cm³/mol. The second kappa shape index (κ2) is 8.43. The molecule has 28 heavy (non-hydrogen) atoms. The van der Waals surface area contributed by atoms with E-state index in [-0.39, 0.29) is 6.79 Å². The second-order valence-corrected chi connectivity index (χ2v) is 6.23. The molecule has 144 valence electrons. The van der Waals surface area contributed by atoms with Crippen molar-refractivity contribution in [1.29, 1.82) is 0 Å². The first-order chi connectivity index (χ1) is 13.8. The highest BCUT2D eigenvalue weighted by atomic mass is 16.7. The number of fused-ring (bicyclic) bond motifs is 1. The second-order valence-electron chi connectivity index (χ2n) is 6.23. The van der Waals surface area contributed by atoms with Gasteiger partial charge in [0.2, 0.25) is 6.79 Å². The maximum Gasteiger partial charge on any atom is 0.231 e. The fourth-order valence-electron chi connectivity index (χ4n) is 2.84. The lowest BCUT2D eigenvalue weighted by Crippen LogP contribution is -2.36. The molecule has 1 aliphatic rings.